The van der Waals surface area contributed by atoms with Crippen molar-refractivity contribution >= 4 is 0 Å². The summed E-state index contributed by atoms with van der Waals surface area (Å²) in [4.78, 5) is 2.25. The summed E-state index contributed by atoms with van der Waals surface area (Å²) in [5, 5.41) is 20.2. The molecule has 4 nitrogen and oxygen atoms in total. The summed E-state index contributed by atoms with van der Waals surface area (Å²) >= 11 is 0. The third kappa shape index (κ3) is 1.43. The van der Waals surface area contributed by atoms with Gasteiger partial charge in [0, 0.05) is 23.4 Å². The summed E-state index contributed by atoms with van der Waals surface area (Å²) in [6, 6.07) is 4.10. The molecule has 0 saturated carbocycles. The molecule has 1 aliphatic heterocycles. The number of phenols is 1. The summed E-state index contributed by atoms with van der Waals surface area (Å²) in [5.41, 5.74) is 2.35. The van der Waals surface area contributed by atoms with Crippen molar-refractivity contribution in [3.63, 3.8) is 0 Å². The minimum atomic E-state index is -0.600. The van der Waals surface area contributed by atoms with Crippen LogP contribution in [0.25, 0.3) is 0 Å². The number of rotatable bonds is 1. The van der Waals surface area contributed by atoms with Gasteiger partial charge in [-0.1, -0.05) is 18.2 Å². The van der Waals surface area contributed by atoms with Gasteiger partial charge in [-0.3, -0.25) is 0 Å². The zero-order valence-corrected chi connectivity index (χ0v) is 11.7. The largest absolute Gasteiger partial charge is 0.504 e. The van der Waals surface area contributed by atoms with Crippen molar-refractivity contribution in [2.75, 3.05) is 14.1 Å². The highest BCUT2D eigenvalue weighted by Crippen LogP contribution is 2.55. The first-order valence-electron chi connectivity index (χ1n) is 7.12. The van der Waals surface area contributed by atoms with E-state index in [1.807, 2.05) is 12.1 Å². The van der Waals surface area contributed by atoms with E-state index >= 15 is 0 Å². The van der Waals surface area contributed by atoms with Gasteiger partial charge >= 0.3 is 0 Å². The Hall–Kier alpha value is -1.52. The van der Waals surface area contributed by atoms with Crippen LogP contribution >= 0.6 is 0 Å². The maximum absolute atomic E-state index is 10.2. The number of nitrogens with zero attached hydrogens (tertiary/aromatic N) is 1. The van der Waals surface area contributed by atoms with Crippen LogP contribution < -0.4 is 4.74 Å². The van der Waals surface area contributed by atoms with E-state index in [4.69, 9.17) is 4.74 Å². The molecule has 3 aliphatic rings. The Labute approximate surface area is 118 Å². The van der Waals surface area contributed by atoms with E-state index in [2.05, 4.69) is 25.1 Å². The van der Waals surface area contributed by atoms with Crippen LogP contribution in [-0.2, 0) is 6.42 Å². The average Bonchev–Trinajstić information content (AvgIpc) is 2.83. The van der Waals surface area contributed by atoms with Crippen molar-refractivity contribution in [1.82, 2.24) is 4.90 Å². The third-order valence-corrected chi connectivity index (χ3v) is 5.03. The zero-order valence-electron chi connectivity index (χ0n) is 11.7. The van der Waals surface area contributed by atoms with Gasteiger partial charge in [0.2, 0.25) is 0 Å². The van der Waals surface area contributed by atoms with Gasteiger partial charge in [0.05, 0.1) is 0 Å². The molecule has 1 heterocycles. The van der Waals surface area contributed by atoms with Crippen LogP contribution in [-0.4, -0.2) is 47.5 Å². The van der Waals surface area contributed by atoms with Crippen LogP contribution in [0.2, 0.25) is 0 Å². The predicted molar refractivity (Wildman–Crippen MR) is 75.1 cm³/mol. The molecule has 0 spiro atoms. The first-order valence-corrected chi connectivity index (χ1v) is 7.12. The molecule has 0 bridgehead atoms. The third-order valence-electron chi connectivity index (χ3n) is 5.03. The van der Waals surface area contributed by atoms with E-state index < -0.39 is 6.10 Å². The number of phenolic OH excluding ortho intramolecular Hbond substituents is 1. The molecule has 0 aromatic heterocycles. The fraction of sp³-hybridized carbons (Fsp3) is 0.500. The number of aliphatic hydroxyl groups is 1. The molecule has 1 aromatic rings. The summed E-state index contributed by atoms with van der Waals surface area (Å²) < 4.78 is 5.90. The average molecular weight is 273 g/mol. The van der Waals surface area contributed by atoms with E-state index in [-0.39, 0.29) is 17.8 Å². The maximum atomic E-state index is 10.2. The van der Waals surface area contributed by atoms with Crippen LogP contribution in [0.15, 0.2) is 24.3 Å². The Bertz CT molecular complexity index is 596. The molecule has 0 radical (unpaired) electrons. The highest BCUT2D eigenvalue weighted by atomic mass is 16.5. The first kappa shape index (κ1) is 12.2. The predicted octanol–water partition coefficient (Wildman–Crippen LogP) is 1.27. The van der Waals surface area contributed by atoms with Crippen molar-refractivity contribution in [1.29, 1.82) is 0 Å². The molecule has 4 rings (SSSR count). The first-order chi connectivity index (χ1) is 9.58. The van der Waals surface area contributed by atoms with Gasteiger partial charge in [-0.25, -0.2) is 0 Å². The fourth-order valence-electron chi connectivity index (χ4n) is 4.09. The van der Waals surface area contributed by atoms with Crippen LogP contribution in [0.3, 0.4) is 0 Å². The molecule has 0 fully saturated rings. The van der Waals surface area contributed by atoms with Gasteiger partial charge < -0.3 is 19.8 Å². The molecule has 1 unspecified atom stereocenters. The van der Waals surface area contributed by atoms with Gasteiger partial charge in [0.15, 0.2) is 11.5 Å². The van der Waals surface area contributed by atoms with Crippen molar-refractivity contribution in [3.8, 4) is 11.5 Å². The Morgan fingerprint density at radius 1 is 1.25 bits per heavy atom. The smallest absolute Gasteiger partial charge is 0.165 e. The number of hydrogen-bond acceptors (Lipinski definition) is 4. The fourth-order valence-corrected chi connectivity index (χ4v) is 4.09. The zero-order chi connectivity index (χ0) is 14.0. The normalized spacial score (nSPS) is 36.9. The molecular formula is C16H19NO3. The minimum absolute atomic E-state index is 0.147. The quantitative estimate of drug-likeness (QED) is 0.757. The van der Waals surface area contributed by atoms with E-state index in [0.717, 1.165) is 12.0 Å². The van der Waals surface area contributed by atoms with Crippen LogP contribution in [0, 0.1) is 5.92 Å². The Balaban J connectivity index is 1.92. The van der Waals surface area contributed by atoms with Crippen molar-refractivity contribution in [2.45, 2.75) is 30.6 Å². The second-order valence-corrected chi connectivity index (χ2v) is 6.28. The molecule has 2 aliphatic carbocycles. The lowest BCUT2D eigenvalue weighted by atomic mass is 9.67. The van der Waals surface area contributed by atoms with Crippen LogP contribution in [0.1, 0.15) is 17.0 Å². The van der Waals surface area contributed by atoms with E-state index in [0.29, 0.717) is 17.7 Å². The monoisotopic (exact) mass is 273 g/mol. The summed E-state index contributed by atoms with van der Waals surface area (Å²) in [6.07, 6.45) is 4.05. The van der Waals surface area contributed by atoms with Gasteiger partial charge in [-0.15, -0.1) is 0 Å². The lowest BCUT2D eigenvalue weighted by Crippen LogP contribution is -2.48. The van der Waals surface area contributed by atoms with E-state index in [1.165, 1.54) is 5.56 Å². The molecule has 0 amide bonds. The molecular weight excluding hydrogens is 254 g/mol. The Kier molecular flexibility index (Phi) is 2.44. The molecule has 106 valence electrons. The topological polar surface area (TPSA) is 52.9 Å². The molecule has 5 atom stereocenters. The maximum Gasteiger partial charge on any atom is 0.165 e. The van der Waals surface area contributed by atoms with E-state index in [1.54, 1.807) is 6.07 Å². The lowest BCUT2D eigenvalue weighted by molar-refractivity contribution is 0.0345. The number of aliphatic hydroxyl groups excluding tert-OH is 1. The summed E-state index contributed by atoms with van der Waals surface area (Å²) in [5.74, 6) is 1.25. The number of ether oxygens (including phenoxy) is 1. The number of hydrogen-bond donors (Lipinski definition) is 2. The Morgan fingerprint density at radius 3 is 2.80 bits per heavy atom. The highest BCUT2D eigenvalue weighted by Gasteiger charge is 2.51. The second kappa shape index (κ2) is 3.99. The van der Waals surface area contributed by atoms with Crippen LogP contribution in [0.5, 0.6) is 11.5 Å². The second-order valence-electron chi connectivity index (χ2n) is 6.28. The van der Waals surface area contributed by atoms with Crippen molar-refractivity contribution in [3.05, 3.63) is 35.4 Å². The molecule has 0 saturated heterocycles. The lowest BCUT2D eigenvalue weighted by Gasteiger charge is -2.43. The molecule has 1 aromatic carbocycles. The van der Waals surface area contributed by atoms with Gasteiger partial charge in [-0.2, -0.15) is 0 Å². The van der Waals surface area contributed by atoms with Gasteiger partial charge in [-0.05, 0) is 32.1 Å². The Morgan fingerprint density at radius 2 is 2.05 bits per heavy atom. The molecule has 20 heavy (non-hydrogen) atoms. The number of benzene rings is 1. The van der Waals surface area contributed by atoms with Crippen LogP contribution in [0.4, 0.5) is 0 Å². The SMILES string of the molecule is CN(C)[C@@H]1Cc2ccc(O)c3c2C2[C@H]1C=C[C@H](O)[C@@H]2O3. The van der Waals surface area contributed by atoms with Crippen molar-refractivity contribution in [2.24, 2.45) is 5.92 Å². The number of likely N-dealkylation sites (N-methyl/N-ethyl adjacent to an activating group) is 1. The highest BCUT2D eigenvalue weighted by molar-refractivity contribution is 5.58. The molecule has 4 heteroatoms. The standard InChI is InChI=1S/C16H19NO3/c1-17(2)10-7-8-3-5-11(18)15-13(8)14-9(10)4-6-12(19)16(14)20-15/h3-6,9-10,12,14,16,18-19H,7H2,1-2H3/t9-,10+,12-,14?,16-/m0/s1. The van der Waals surface area contributed by atoms with E-state index in [9.17, 15) is 10.2 Å². The molecule has 2 N–H and O–H groups in total. The minimum Gasteiger partial charge on any atom is -0.504 e. The summed E-state index contributed by atoms with van der Waals surface area (Å²) in [7, 11) is 4.20. The number of aromatic hydroxyl groups is 1. The summed E-state index contributed by atoms with van der Waals surface area (Å²) in [6.45, 7) is 0. The van der Waals surface area contributed by atoms with Gasteiger partial charge in [0.25, 0.3) is 0 Å². The van der Waals surface area contributed by atoms with Gasteiger partial charge in [0.1, 0.15) is 12.2 Å². The van der Waals surface area contributed by atoms with Crippen molar-refractivity contribution < 1.29 is 14.9 Å².